The average Bonchev–Trinajstić information content (AvgIpc) is 2.76. The average molecular weight is 287 g/mol. The Bertz CT molecular complexity index is 901. The van der Waals surface area contributed by atoms with Crippen molar-refractivity contribution in [1.82, 2.24) is 9.55 Å². The second-order valence-electron chi connectivity index (χ2n) is 4.21. The lowest BCUT2D eigenvalue weighted by atomic mass is 10.2. The van der Waals surface area contributed by atoms with Crippen LogP contribution in [-0.2, 0) is 0 Å². The van der Waals surface area contributed by atoms with Crippen LogP contribution in [0.2, 0.25) is 0 Å². The third kappa shape index (κ3) is 1.89. The van der Waals surface area contributed by atoms with Crippen LogP contribution in [0.1, 0.15) is 5.56 Å². The molecule has 20 heavy (non-hydrogen) atoms. The molecule has 1 aromatic heterocycles. The van der Waals surface area contributed by atoms with Crippen molar-refractivity contribution < 1.29 is 8.78 Å². The van der Waals surface area contributed by atoms with Crippen molar-refractivity contribution in [2.45, 2.75) is 0 Å². The highest BCUT2D eigenvalue weighted by Crippen LogP contribution is 2.23. The van der Waals surface area contributed by atoms with Crippen LogP contribution in [0.25, 0.3) is 16.7 Å². The number of aromatic nitrogens is 2. The van der Waals surface area contributed by atoms with Gasteiger partial charge in [-0.15, -0.1) is 0 Å². The predicted octanol–water partition coefficient (Wildman–Crippen LogP) is 3.84. The Morgan fingerprint density at radius 2 is 1.85 bits per heavy atom. The number of nitriles is 1. The molecule has 0 atom stereocenters. The summed E-state index contributed by atoms with van der Waals surface area (Å²) in [6, 6.07) is 10.6. The minimum Gasteiger partial charge on any atom is -0.328 e. The Morgan fingerprint density at radius 3 is 2.50 bits per heavy atom. The highest BCUT2D eigenvalue weighted by Gasteiger charge is 2.12. The summed E-state index contributed by atoms with van der Waals surface area (Å²) in [5.74, 6) is -1.37. The van der Waals surface area contributed by atoms with E-state index in [4.69, 9.17) is 17.5 Å². The molecule has 6 heteroatoms. The van der Waals surface area contributed by atoms with Gasteiger partial charge >= 0.3 is 0 Å². The molecule has 98 valence electrons. The van der Waals surface area contributed by atoms with Crippen molar-refractivity contribution in [3.05, 3.63) is 58.4 Å². The number of rotatable bonds is 1. The summed E-state index contributed by atoms with van der Waals surface area (Å²) in [4.78, 5) is 2.72. The summed E-state index contributed by atoms with van der Waals surface area (Å²) >= 11 is 5.15. The molecule has 1 N–H and O–H groups in total. The zero-order chi connectivity index (χ0) is 14.3. The molecule has 0 fully saturated rings. The van der Waals surface area contributed by atoms with Gasteiger partial charge in [-0.2, -0.15) is 5.26 Å². The summed E-state index contributed by atoms with van der Waals surface area (Å²) in [7, 11) is 0. The molecular formula is C14H7F2N3S. The molecule has 3 aromatic rings. The molecule has 0 aliphatic heterocycles. The van der Waals surface area contributed by atoms with E-state index in [2.05, 4.69) is 4.98 Å². The molecule has 0 saturated heterocycles. The lowest BCUT2D eigenvalue weighted by molar-refractivity contribution is 0.590. The van der Waals surface area contributed by atoms with E-state index in [0.29, 0.717) is 16.8 Å². The molecule has 1 heterocycles. The Hall–Kier alpha value is -2.52. The first-order valence-corrected chi connectivity index (χ1v) is 6.11. The van der Waals surface area contributed by atoms with Gasteiger partial charge in [-0.05, 0) is 36.5 Å². The smallest absolute Gasteiger partial charge is 0.182 e. The van der Waals surface area contributed by atoms with Gasteiger partial charge in [0.1, 0.15) is 11.3 Å². The van der Waals surface area contributed by atoms with Crippen LogP contribution in [0.3, 0.4) is 0 Å². The monoisotopic (exact) mass is 287 g/mol. The zero-order valence-electron chi connectivity index (χ0n) is 10.0. The fourth-order valence-corrected chi connectivity index (χ4v) is 2.38. The number of benzene rings is 2. The molecule has 0 amide bonds. The van der Waals surface area contributed by atoms with Crippen LogP contribution in [0, 0.1) is 27.7 Å². The van der Waals surface area contributed by atoms with E-state index in [9.17, 15) is 8.78 Å². The number of nitrogens with one attached hydrogen (secondary N) is 1. The lowest BCUT2D eigenvalue weighted by Crippen LogP contribution is -1.94. The predicted molar refractivity (Wildman–Crippen MR) is 73.1 cm³/mol. The molecule has 0 aliphatic rings. The lowest BCUT2D eigenvalue weighted by Gasteiger charge is -2.04. The van der Waals surface area contributed by atoms with Gasteiger partial charge in [-0.3, -0.25) is 4.57 Å². The van der Waals surface area contributed by atoms with Crippen molar-refractivity contribution in [2.24, 2.45) is 0 Å². The third-order valence-electron chi connectivity index (χ3n) is 2.96. The second kappa shape index (κ2) is 4.54. The number of imidazole rings is 1. The molecule has 3 rings (SSSR count). The molecule has 0 bridgehead atoms. The van der Waals surface area contributed by atoms with Gasteiger partial charge in [0.25, 0.3) is 0 Å². The first kappa shape index (κ1) is 12.5. The molecule has 0 radical (unpaired) electrons. The number of nitrogens with zero attached hydrogens (tertiary/aromatic N) is 2. The van der Waals surface area contributed by atoms with Crippen LogP contribution in [0.15, 0.2) is 36.4 Å². The van der Waals surface area contributed by atoms with Gasteiger partial charge in [-0.1, -0.05) is 0 Å². The molecule has 3 nitrogen and oxygen atoms in total. The summed E-state index contributed by atoms with van der Waals surface area (Å²) in [5, 5.41) is 8.78. The summed E-state index contributed by atoms with van der Waals surface area (Å²) in [6.45, 7) is 0. The number of H-pyrrole nitrogens is 1. The van der Waals surface area contributed by atoms with Crippen molar-refractivity contribution in [1.29, 1.82) is 5.26 Å². The second-order valence-corrected chi connectivity index (χ2v) is 4.59. The minimum absolute atomic E-state index is 0.153. The number of aromatic amines is 1. The normalized spacial score (nSPS) is 10.7. The zero-order valence-corrected chi connectivity index (χ0v) is 10.8. The number of hydrogen-bond donors (Lipinski definition) is 1. The van der Waals surface area contributed by atoms with Crippen molar-refractivity contribution >= 4 is 23.3 Å². The van der Waals surface area contributed by atoms with E-state index in [1.165, 1.54) is 10.6 Å². The number of hydrogen-bond acceptors (Lipinski definition) is 2. The van der Waals surface area contributed by atoms with Crippen LogP contribution in [-0.4, -0.2) is 9.55 Å². The van der Waals surface area contributed by atoms with Crippen molar-refractivity contribution in [3.63, 3.8) is 0 Å². The number of halogens is 2. The first-order valence-electron chi connectivity index (χ1n) is 5.70. The van der Waals surface area contributed by atoms with Gasteiger partial charge < -0.3 is 4.98 Å². The Kier molecular flexibility index (Phi) is 2.84. The Balaban J connectivity index is 2.33. The molecule has 0 spiro atoms. The van der Waals surface area contributed by atoms with Gasteiger partial charge in [-0.25, -0.2) is 8.78 Å². The van der Waals surface area contributed by atoms with E-state index in [1.807, 2.05) is 6.07 Å². The van der Waals surface area contributed by atoms with Gasteiger partial charge in [0, 0.05) is 17.8 Å². The Labute approximate surface area is 117 Å². The molecule has 0 aliphatic carbocycles. The summed E-state index contributed by atoms with van der Waals surface area (Å²) in [6.07, 6.45) is 0. The van der Waals surface area contributed by atoms with E-state index >= 15 is 0 Å². The van der Waals surface area contributed by atoms with E-state index in [1.54, 1.807) is 24.3 Å². The topological polar surface area (TPSA) is 44.5 Å². The fraction of sp³-hybridized carbons (Fsp3) is 0. The van der Waals surface area contributed by atoms with E-state index < -0.39 is 11.6 Å². The quantitative estimate of drug-likeness (QED) is 0.691. The van der Waals surface area contributed by atoms with Crippen molar-refractivity contribution in [3.8, 4) is 11.8 Å². The first-order chi connectivity index (χ1) is 9.60. The van der Waals surface area contributed by atoms with Crippen molar-refractivity contribution in [2.75, 3.05) is 0 Å². The summed E-state index contributed by atoms with van der Waals surface area (Å²) < 4.78 is 28.9. The maximum absolute atomic E-state index is 13.7. The maximum atomic E-state index is 13.7. The van der Waals surface area contributed by atoms with Crippen LogP contribution >= 0.6 is 12.2 Å². The Morgan fingerprint density at radius 1 is 1.15 bits per heavy atom. The highest BCUT2D eigenvalue weighted by atomic mass is 32.1. The van der Waals surface area contributed by atoms with Crippen LogP contribution in [0.4, 0.5) is 8.78 Å². The highest BCUT2D eigenvalue weighted by molar-refractivity contribution is 7.71. The third-order valence-corrected chi connectivity index (χ3v) is 3.25. The standard InChI is InChI=1S/C14H7F2N3S/c15-9-5-11(16)13-12(6-9)19(14(20)18-13)10-3-1-8(7-17)2-4-10/h1-6H,(H,18,20). The van der Waals surface area contributed by atoms with E-state index in [-0.39, 0.29) is 10.3 Å². The van der Waals surface area contributed by atoms with E-state index in [0.717, 1.165) is 6.07 Å². The minimum atomic E-state index is -0.696. The molecule has 0 unspecified atom stereocenters. The van der Waals surface area contributed by atoms with Gasteiger partial charge in [0.05, 0.1) is 17.1 Å². The largest absolute Gasteiger partial charge is 0.328 e. The maximum Gasteiger partial charge on any atom is 0.182 e. The SMILES string of the molecule is N#Cc1ccc(-n2c(=S)[nH]c3c(F)cc(F)cc32)cc1. The van der Waals surface area contributed by atoms with Crippen LogP contribution < -0.4 is 0 Å². The molecular weight excluding hydrogens is 280 g/mol. The fourth-order valence-electron chi connectivity index (χ4n) is 2.07. The van der Waals surface area contributed by atoms with Gasteiger partial charge in [0.15, 0.2) is 10.6 Å². The summed E-state index contributed by atoms with van der Waals surface area (Å²) in [5.41, 5.74) is 1.60. The molecule has 0 saturated carbocycles. The van der Waals surface area contributed by atoms with Crippen LogP contribution in [0.5, 0.6) is 0 Å². The molecule has 2 aromatic carbocycles. The van der Waals surface area contributed by atoms with Gasteiger partial charge in [0.2, 0.25) is 0 Å². The number of fused-ring (bicyclic) bond motifs is 1.